The van der Waals surface area contributed by atoms with Crippen molar-refractivity contribution in [2.75, 3.05) is 5.32 Å². The van der Waals surface area contributed by atoms with E-state index in [1.165, 1.54) is 30.3 Å². The molecule has 0 aliphatic carbocycles. The van der Waals surface area contributed by atoms with Gasteiger partial charge < -0.3 is 10.1 Å². The Kier molecular flexibility index (Phi) is 8.01. The number of non-ortho nitro benzene ring substituents is 1. The molecule has 3 rings (SSSR count). The number of aromatic nitrogens is 3. The Morgan fingerprint density at radius 2 is 2.15 bits per heavy atom. The van der Waals surface area contributed by atoms with Gasteiger partial charge in [0.05, 0.1) is 20.9 Å². The number of rotatable bonds is 10. The fourth-order valence-corrected chi connectivity index (χ4v) is 3.74. The summed E-state index contributed by atoms with van der Waals surface area (Å²) < 4.78 is 21.0. The van der Waals surface area contributed by atoms with Gasteiger partial charge in [-0.05, 0) is 25.1 Å². The molecule has 2 aromatic carbocycles. The van der Waals surface area contributed by atoms with E-state index in [4.69, 9.17) is 16.3 Å². The third kappa shape index (κ3) is 6.08. The zero-order valence-corrected chi connectivity index (χ0v) is 19.0. The summed E-state index contributed by atoms with van der Waals surface area (Å²) in [5.74, 6) is -0.414. The van der Waals surface area contributed by atoms with E-state index < -0.39 is 21.9 Å². The van der Waals surface area contributed by atoms with E-state index in [9.17, 15) is 19.3 Å². The molecule has 0 saturated heterocycles. The Morgan fingerprint density at radius 3 is 2.85 bits per heavy atom. The van der Waals surface area contributed by atoms with Crippen LogP contribution in [-0.2, 0) is 17.9 Å². The van der Waals surface area contributed by atoms with Crippen molar-refractivity contribution in [3.63, 3.8) is 0 Å². The van der Waals surface area contributed by atoms with E-state index in [1.807, 2.05) is 0 Å². The van der Waals surface area contributed by atoms with Crippen LogP contribution in [0.5, 0.6) is 5.75 Å². The standard InChI is InChI=1S/C21H19ClFN5O4S/c1-3-10-27-19(12-32-18-7-5-4-6-16(18)23)25-26-21(27)33-13(2)20(29)24-17-11-14(28(30)31)8-9-15(17)22/h3-9,11,13H,1,10,12H2,2H3,(H,24,29). The lowest BCUT2D eigenvalue weighted by molar-refractivity contribution is -0.384. The predicted octanol–water partition coefficient (Wildman–Crippen LogP) is 4.86. The van der Waals surface area contributed by atoms with Crippen LogP contribution in [0.1, 0.15) is 12.7 Å². The van der Waals surface area contributed by atoms with Gasteiger partial charge in [0.25, 0.3) is 5.69 Å². The van der Waals surface area contributed by atoms with Gasteiger partial charge in [0.1, 0.15) is 6.61 Å². The van der Waals surface area contributed by atoms with Gasteiger partial charge in [-0.1, -0.05) is 41.6 Å². The first kappa shape index (κ1) is 24.2. The second kappa shape index (κ2) is 10.9. The number of thioether (sulfide) groups is 1. The van der Waals surface area contributed by atoms with Crippen molar-refractivity contribution in [2.24, 2.45) is 0 Å². The Hall–Kier alpha value is -3.44. The van der Waals surface area contributed by atoms with E-state index in [0.29, 0.717) is 17.5 Å². The molecule has 0 spiro atoms. The lowest BCUT2D eigenvalue weighted by Crippen LogP contribution is -2.23. The second-order valence-electron chi connectivity index (χ2n) is 6.69. The molecule has 0 fully saturated rings. The fourth-order valence-electron chi connectivity index (χ4n) is 2.70. The van der Waals surface area contributed by atoms with Gasteiger partial charge in [-0.3, -0.25) is 19.5 Å². The molecule has 0 radical (unpaired) electrons. The van der Waals surface area contributed by atoms with Crippen LogP contribution in [0, 0.1) is 15.9 Å². The van der Waals surface area contributed by atoms with Crippen LogP contribution in [0.4, 0.5) is 15.8 Å². The molecule has 3 aromatic rings. The maximum absolute atomic E-state index is 13.8. The minimum absolute atomic E-state index is 0.0355. The molecular weight excluding hydrogens is 473 g/mol. The van der Waals surface area contributed by atoms with Crippen molar-refractivity contribution in [1.82, 2.24) is 14.8 Å². The van der Waals surface area contributed by atoms with Gasteiger partial charge in [-0.15, -0.1) is 16.8 Å². The molecule has 0 aliphatic heterocycles. The van der Waals surface area contributed by atoms with Crippen molar-refractivity contribution in [3.8, 4) is 5.75 Å². The molecule has 9 nitrogen and oxygen atoms in total. The number of hydrogen-bond acceptors (Lipinski definition) is 7. The molecule has 0 aliphatic rings. The van der Waals surface area contributed by atoms with Gasteiger partial charge in [0, 0.05) is 18.7 Å². The van der Waals surface area contributed by atoms with Crippen molar-refractivity contribution in [3.05, 3.63) is 81.9 Å². The molecule has 0 saturated carbocycles. The summed E-state index contributed by atoms with van der Waals surface area (Å²) in [5, 5.41) is 21.7. The van der Waals surface area contributed by atoms with E-state index in [2.05, 4.69) is 22.1 Å². The molecule has 0 bridgehead atoms. The number of amides is 1. The van der Waals surface area contributed by atoms with Crippen LogP contribution < -0.4 is 10.1 Å². The Balaban J connectivity index is 1.71. The average Bonchev–Trinajstić information content (AvgIpc) is 3.15. The fraction of sp³-hybridized carbons (Fsp3) is 0.190. The normalized spacial score (nSPS) is 11.6. The molecule has 1 unspecified atom stereocenters. The van der Waals surface area contributed by atoms with Gasteiger partial charge >= 0.3 is 0 Å². The summed E-state index contributed by atoms with van der Waals surface area (Å²) in [6.45, 7) is 5.67. The van der Waals surface area contributed by atoms with Crippen LogP contribution in [0.2, 0.25) is 5.02 Å². The van der Waals surface area contributed by atoms with E-state index >= 15 is 0 Å². The number of anilines is 1. The van der Waals surface area contributed by atoms with Crippen LogP contribution in [0.25, 0.3) is 0 Å². The van der Waals surface area contributed by atoms with Crippen LogP contribution in [0.3, 0.4) is 0 Å². The summed E-state index contributed by atoms with van der Waals surface area (Å²) in [6.07, 6.45) is 1.63. The molecule has 1 aromatic heterocycles. The van der Waals surface area contributed by atoms with Gasteiger partial charge in [-0.2, -0.15) is 0 Å². The third-order valence-electron chi connectivity index (χ3n) is 4.37. The number of hydrogen-bond donors (Lipinski definition) is 1. The summed E-state index contributed by atoms with van der Waals surface area (Å²) in [5.41, 5.74) is -0.0601. The summed E-state index contributed by atoms with van der Waals surface area (Å²) in [4.78, 5) is 23.1. The number of carbonyl (C=O) groups is 1. The molecule has 1 heterocycles. The predicted molar refractivity (Wildman–Crippen MR) is 123 cm³/mol. The highest BCUT2D eigenvalue weighted by molar-refractivity contribution is 8.00. The van der Waals surface area contributed by atoms with E-state index in [1.54, 1.807) is 29.7 Å². The Morgan fingerprint density at radius 1 is 1.39 bits per heavy atom. The Labute approximate surface area is 197 Å². The lowest BCUT2D eigenvalue weighted by atomic mass is 10.2. The van der Waals surface area contributed by atoms with Crippen LogP contribution in [0.15, 0.2) is 60.3 Å². The van der Waals surface area contributed by atoms with Crippen molar-refractivity contribution < 1.29 is 18.8 Å². The number of nitro benzene ring substituents is 1. The van der Waals surface area contributed by atoms with E-state index in [0.717, 1.165) is 11.8 Å². The van der Waals surface area contributed by atoms with E-state index in [-0.39, 0.29) is 28.8 Å². The van der Waals surface area contributed by atoms with Crippen molar-refractivity contribution in [1.29, 1.82) is 0 Å². The van der Waals surface area contributed by atoms with Gasteiger partial charge in [0.2, 0.25) is 5.91 Å². The SMILES string of the molecule is C=CCn1c(COc2ccccc2F)nnc1SC(C)C(=O)Nc1cc([N+](=O)[O-])ccc1Cl. The number of carbonyl (C=O) groups excluding carboxylic acids is 1. The summed E-state index contributed by atoms with van der Waals surface area (Å²) >= 11 is 7.18. The zero-order chi connectivity index (χ0) is 24.0. The van der Waals surface area contributed by atoms with Crippen LogP contribution >= 0.6 is 23.4 Å². The highest BCUT2D eigenvalue weighted by atomic mass is 35.5. The summed E-state index contributed by atoms with van der Waals surface area (Å²) in [6, 6.07) is 9.79. The quantitative estimate of drug-likeness (QED) is 0.186. The molecule has 1 N–H and O–H groups in total. The lowest BCUT2D eigenvalue weighted by Gasteiger charge is -2.14. The second-order valence-corrected chi connectivity index (χ2v) is 8.40. The number of halogens is 2. The molecule has 12 heteroatoms. The molecule has 1 atom stereocenters. The summed E-state index contributed by atoms with van der Waals surface area (Å²) in [7, 11) is 0. The molecule has 33 heavy (non-hydrogen) atoms. The number of nitro groups is 1. The van der Waals surface area contributed by atoms with Crippen molar-refractivity contribution in [2.45, 2.75) is 30.5 Å². The highest BCUT2D eigenvalue weighted by Gasteiger charge is 2.22. The van der Waals surface area contributed by atoms with Crippen LogP contribution in [-0.4, -0.2) is 30.8 Å². The maximum Gasteiger partial charge on any atom is 0.271 e. The number of allylic oxidation sites excluding steroid dienone is 1. The first-order valence-electron chi connectivity index (χ1n) is 9.62. The number of ether oxygens (including phenoxy) is 1. The smallest absolute Gasteiger partial charge is 0.271 e. The number of nitrogens with zero attached hydrogens (tertiary/aromatic N) is 4. The molecule has 1 amide bonds. The average molecular weight is 492 g/mol. The Bertz CT molecular complexity index is 1190. The van der Waals surface area contributed by atoms with Crippen molar-refractivity contribution >= 4 is 40.6 Å². The zero-order valence-electron chi connectivity index (χ0n) is 17.4. The first-order valence-corrected chi connectivity index (χ1v) is 10.9. The monoisotopic (exact) mass is 491 g/mol. The molecule has 172 valence electrons. The topological polar surface area (TPSA) is 112 Å². The minimum Gasteiger partial charge on any atom is -0.483 e. The van der Waals surface area contributed by atoms with Gasteiger partial charge in [0.15, 0.2) is 22.5 Å². The number of para-hydroxylation sites is 1. The van der Waals surface area contributed by atoms with Gasteiger partial charge in [-0.25, -0.2) is 4.39 Å². The minimum atomic E-state index is -0.645. The number of nitrogens with one attached hydrogen (secondary N) is 1. The number of benzene rings is 2. The molecular formula is C21H19ClFN5O4S. The maximum atomic E-state index is 13.8. The largest absolute Gasteiger partial charge is 0.483 e. The highest BCUT2D eigenvalue weighted by Crippen LogP contribution is 2.29. The third-order valence-corrected chi connectivity index (χ3v) is 5.78. The first-order chi connectivity index (χ1) is 15.8.